The third kappa shape index (κ3) is 1.54. The molecule has 0 amide bonds. The van der Waals surface area contributed by atoms with Crippen LogP contribution in [-0.4, -0.2) is 9.97 Å². The fraction of sp³-hybridized carbons (Fsp3) is 0.692. The van der Waals surface area contributed by atoms with Crippen molar-refractivity contribution in [2.45, 2.75) is 58.0 Å². The molecule has 2 aliphatic rings. The molecule has 1 N–H and O–H groups in total. The highest BCUT2D eigenvalue weighted by atomic mass is 15.0. The number of nitrogens with zero attached hydrogens (tertiary/aromatic N) is 2. The Balaban J connectivity index is 2.05. The third-order valence-corrected chi connectivity index (χ3v) is 3.80. The molecule has 2 heterocycles. The minimum absolute atomic E-state index is 0.292. The lowest BCUT2D eigenvalue weighted by Gasteiger charge is -2.12. The summed E-state index contributed by atoms with van der Waals surface area (Å²) < 4.78 is 0. The Morgan fingerprint density at radius 1 is 1.25 bits per heavy atom. The fourth-order valence-electron chi connectivity index (χ4n) is 2.36. The van der Waals surface area contributed by atoms with Gasteiger partial charge in [-0.2, -0.15) is 0 Å². The van der Waals surface area contributed by atoms with Crippen LogP contribution in [0.3, 0.4) is 0 Å². The van der Waals surface area contributed by atoms with Gasteiger partial charge in [-0.05, 0) is 19.3 Å². The summed E-state index contributed by atoms with van der Waals surface area (Å²) in [5.41, 5.74) is 4.21. The Kier molecular flexibility index (Phi) is 2.25. The monoisotopic (exact) mass is 217 g/mol. The van der Waals surface area contributed by atoms with Crippen molar-refractivity contribution in [3.63, 3.8) is 0 Å². The Morgan fingerprint density at radius 2 is 2.06 bits per heavy atom. The van der Waals surface area contributed by atoms with E-state index in [1.54, 1.807) is 0 Å². The molecule has 1 aromatic rings. The predicted molar refractivity (Wildman–Crippen MR) is 63.2 cm³/mol. The van der Waals surface area contributed by atoms with Crippen molar-refractivity contribution >= 4 is 0 Å². The Labute approximate surface area is 96.7 Å². The molecule has 1 fully saturated rings. The van der Waals surface area contributed by atoms with Crippen LogP contribution in [0.2, 0.25) is 0 Å². The number of hydrogen-bond acceptors (Lipinski definition) is 3. The maximum Gasteiger partial charge on any atom is 0.134 e. The second kappa shape index (κ2) is 3.52. The average molecular weight is 217 g/mol. The van der Waals surface area contributed by atoms with Gasteiger partial charge >= 0.3 is 0 Å². The minimum atomic E-state index is 0.292. The van der Waals surface area contributed by atoms with E-state index < -0.39 is 0 Å². The van der Waals surface area contributed by atoms with Gasteiger partial charge in [0.2, 0.25) is 0 Å². The smallest absolute Gasteiger partial charge is 0.134 e. The standard InChI is InChI=1S/C13H19N3/c1-3-4-10-9-7-14-8-11(9)16-12(15-10)13(2)5-6-13/h14H,3-8H2,1-2H3. The molecule has 0 saturated heterocycles. The largest absolute Gasteiger partial charge is 0.307 e. The van der Waals surface area contributed by atoms with Crippen LogP contribution in [0.5, 0.6) is 0 Å². The normalized spacial score (nSPS) is 20.9. The Hall–Kier alpha value is -0.960. The van der Waals surface area contributed by atoms with E-state index in [0.717, 1.165) is 25.3 Å². The van der Waals surface area contributed by atoms with Gasteiger partial charge < -0.3 is 5.32 Å². The van der Waals surface area contributed by atoms with Gasteiger partial charge in [0.05, 0.1) is 5.69 Å². The van der Waals surface area contributed by atoms with Gasteiger partial charge in [-0.3, -0.25) is 0 Å². The Bertz CT molecular complexity index is 421. The summed E-state index contributed by atoms with van der Waals surface area (Å²) in [6, 6.07) is 0. The van der Waals surface area contributed by atoms with Crippen molar-refractivity contribution in [1.82, 2.24) is 15.3 Å². The second-order valence-electron chi connectivity index (χ2n) is 5.33. The molecule has 3 nitrogen and oxygen atoms in total. The number of rotatable bonds is 3. The van der Waals surface area contributed by atoms with Crippen LogP contribution < -0.4 is 5.32 Å². The summed E-state index contributed by atoms with van der Waals surface area (Å²) in [7, 11) is 0. The van der Waals surface area contributed by atoms with E-state index in [1.807, 2.05) is 0 Å². The molecule has 0 bridgehead atoms. The van der Waals surface area contributed by atoms with Crippen molar-refractivity contribution in [1.29, 1.82) is 0 Å². The first-order valence-corrected chi connectivity index (χ1v) is 6.33. The topological polar surface area (TPSA) is 37.8 Å². The van der Waals surface area contributed by atoms with Crippen molar-refractivity contribution in [3.05, 3.63) is 22.8 Å². The van der Waals surface area contributed by atoms with Crippen LogP contribution in [0.25, 0.3) is 0 Å². The third-order valence-electron chi connectivity index (χ3n) is 3.80. The van der Waals surface area contributed by atoms with Crippen LogP contribution in [-0.2, 0) is 24.9 Å². The van der Waals surface area contributed by atoms with Crippen molar-refractivity contribution in [3.8, 4) is 0 Å². The van der Waals surface area contributed by atoms with Crippen LogP contribution in [0.15, 0.2) is 0 Å². The molecular weight excluding hydrogens is 198 g/mol. The van der Waals surface area contributed by atoms with E-state index in [1.165, 1.54) is 36.2 Å². The van der Waals surface area contributed by atoms with Gasteiger partial charge in [-0.15, -0.1) is 0 Å². The quantitative estimate of drug-likeness (QED) is 0.842. The first kappa shape index (κ1) is 10.2. The Morgan fingerprint density at radius 3 is 2.75 bits per heavy atom. The van der Waals surface area contributed by atoms with Crippen LogP contribution >= 0.6 is 0 Å². The zero-order valence-electron chi connectivity index (χ0n) is 10.1. The summed E-state index contributed by atoms with van der Waals surface area (Å²) in [5.74, 6) is 1.10. The SMILES string of the molecule is CCCc1nc(C2(C)CC2)nc2c1CNC2. The molecule has 0 atom stereocenters. The molecule has 1 aliphatic carbocycles. The average Bonchev–Trinajstić information content (AvgIpc) is 2.85. The molecule has 16 heavy (non-hydrogen) atoms. The lowest BCUT2D eigenvalue weighted by Crippen LogP contribution is -2.12. The van der Waals surface area contributed by atoms with Crippen molar-refractivity contribution in [2.24, 2.45) is 0 Å². The van der Waals surface area contributed by atoms with Crippen molar-refractivity contribution in [2.75, 3.05) is 0 Å². The number of aromatic nitrogens is 2. The number of nitrogens with one attached hydrogen (secondary N) is 1. The van der Waals surface area contributed by atoms with E-state index in [4.69, 9.17) is 9.97 Å². The van der Waals surface area contributed by atoms with Crippen LogP contribution in [0, 0.1) is 0 Å². The molecule has 0 spiro atoms. The molecule has 3 rings (SSSR count). The second-order valence-corrected chi connectivity index (χ2v) is 5.33. The highest BCUT2D eigenvalue weighted by Gasteiger charge is 2.42. The lowest BCUT2D eigenvalue weighted by atomic mass is 10.1. The number of hydrogen-bond donors (Lipinski definition) is 1. The van der Waals surface area contributed by atoms with Crippen molar-refractivity contribution < 1.29 is 0 Å². The molecular formula is C13H19N3. The van der Waals surface area contributed by atoms with E-state index >= 15 is 0 Å². The van der Waals surface area contributed by atoms with Gasteiger partial charge in [-0.25, -0.2) is 9.97 Å². The lowest BCUT2D eigenvalue weighted by molar-refractivity contribution is 0.681. The molecule has 0 radical (unpaired) electrons. The van der Waals surface area contributed by atoms with E-state index in [9.17, 15) is 0 Å². The van der Waals surface area contributed by atoms with Crippen LogP contribution in [0.4, 0.5) is 0 Å². The first-order chi connectivity index (χ1) is 7.73. The molecule has 1 saturated carbocycles. The summed E-state index contributed by atoms with van der Waals surface area (Å²) in [5, 5.41) is 3.38. The molecule has 0 aromatic carbocycles. The highest BCUT2D eigenvalue weighted by Crippen LogP contribution is 2.46. The zero-order chi connectivity index (χ0) is 11.2. The van der Waals surface area contributed by atoms with Gasteiger partial charge in [0.15, 0.2) is 0 Å². The maximum atomic E-state index is 4.82. The molecule has 0 unspecified atom stereocenters. The van der Waals surface area contributed by atoms with Gasteiger partial charge in [0.1, 0.15) is 5.82 Å². The minimum Gasteiger partial charge on any atom is -0.307 e. The highest BCUT2D eigenvalue weighted by molar-refractivity contribution is 5.32. The summed E-state index contributed by atoms with van der Waals surface area (Å²) in [6.45, 7) is 6.39. The van der Waals surface area contributed by atoms with Gasteiger partial charge in [0.25, 0.3) is 0 Å². The predicted octanol–water partition coefficient (Wildman–Crippen LogP) is 2.08. The summed E-state index contributed by atoms with van der Waals surface area (Å²) >= 11 is 0. The number of aryl methyl sites for hydroxylation is 1. The van der Waals surface area contributed by atoms with Crippen LogP contribution in [0.1, 0.15) is 55.9 Å². The molecule has 3 heteroatoms. The van der Waals surface area contributed by atoms with E-state index in [0.29, 0.717) is 5.41 Å². The van der Waals surface area contributed by atoms with E-state index in [2.05, 4.69) is 19.2 Å². The molecule has 1 aliphatic heterocycles. The van der Waals surface area contributed by atoms with Gasteiger partial charge in [0, 0.05) is 29.8 Å². The van der Waals surface area contributed by atoms with Gasteiger partial charge in [-0.1, -0.05) is 20.3 Å². The fourth-order valence-corrected chi connectivity index (χ4v) is 2.36. The molecule has 86 valence electrons. The summed E-state index contributed by atoms with van der Waals surface area (Å²) in [4.78, 5) is 9.57. The maximum absolute atomic E-state index is 4.82. The zero-order valence-corrected chi connectivity index (χ0v) is 10.1. The first-order valence-electron chi connectivity index (χ1n) is 6.33. The summed E-state index contributed by atoms with van der Waals surface area (Å²) in [6.07, 6.45) is 4.77. The van der Waals surface area contributed by atoms with E-state index in [-0.39, 0.29) is 0 Å². The molecule has 1 aromatic heterocycles. The number of fused-ring (bicyclic) bond motifs is 1.